The third-order valence-corrected chi connectivity index (χ3v) is 8.56. The molecule has 0 saturated heterocycles. The number of aromatic nitrogens is 1. The molecular formula is C28H33N3O5S2. The molecule has 0 aliphatic heterocycles. The van der Waals surface area contributed by atoms with Gasteiger partial charge in [-0.25, -0.2) is 18.2 Å². The number of nitrogens with zero attached hydrogens (tertiary/aromatic N) is 3. The van der Waals surface area contributed by atoms with Gasteiger partial charge in [0.2, 0.25) is 10.0 Å². The van der Waals surface area contributed by atoms with Gasteiger partial charge in [0.05, 0.1) is 28.3 Å². The molecular weight excluding hydrogens is 522 g/mol. The number of ether oxygens (including phenoxy) is 1. The number of oxime groups is 1. The number of benzene rings is 2. The summed E-state index contributed by atoms with van der Waals surface area (Å²) in [6, 6.07) is 17.1. The van der Waals surface area contributed by atoms with Crippen molar-refractivity contribution in [2.45, 2.75) is 49.3 Å². The molecule has 0 saturated carbocycles. The molecule has 3 rings (SSSR count). The second-order valence-electron chi connectivity index (χ2n) is 8.47. The van der Waals surface area contributed by atoms with Crippen LogP contribution in [0.3, 0.4) is 0 Å². The predicted octanol–water partition coefficient (Wildman–Crippen LogP) is 5.77. The molecule has 202 valence electrons. The Morgan fingerprint density at radius 3 is 2.29 bits per heavy atom. The van der Waals surface area contributed by atoms with E-state index in [-0.39, 0.29) is 10.5 Å². The van der Waals surface area contributed by atoms with Crippen molar-refractivity contribution in [3.63, 3.8) is 0 Å². The molecule has 8 nitrogen and oxygen atoms in total. The lowest BCUT2D eigenvalue weighted by Gasteiger charge is -2.21. The Morgan fingerprint density at radius 2 is 1.68 bits per heavy atom. The van der Waals surface area contributed by atoms with Crippen molar-refractivity contribution in [2.75, 3.05) is 20.2 Å². The zero-order chi connectivity index (χ0) is 27.5. The molecule has 0 fully saturated rings. The first-order valence-corrected chi connectivity index (χ1v) is 14.8. The van der Waals surface area contributed by atoms with Gasteiger partial charge in [-0.15, -0.1) is 11.8 Å². The van der Waals surface area contributed by atoms with Crippen molar-refractivity contribution in [1.82, 2.24) is 9.29 Å². The van der Waals surface area contributed by atoms with E-state index >= 15 is 0 Å². The SMILES string of the molecule is CCCN(CCC)S(=O)(=O)c1ccc(C(=O)O/N=C(\C)c2ccc(OC)c(CSc3ccccn3)c2)cc1. The summed E-state index contributed by atoms with van der Waals surface area (Å²) in [6.45, 7) is 6.52. The molecule has 0 bridgehead atoms. The van der Waals surface area contributed by atoms with Crippen LogP contribution in [0.1, 0.15) is 55.1 Å². The van der Waals surface area contributed by atoms with Gasteiger partial charge in [0.25, 0.3) is 0 Å². The molecule has 0 aliphatic rings. The summed E-state index contributed by atoms with van der Waals surface area (Å²) >= 11 is 1.59. The largest absolute Gasteiger partial charge is 0.496 e. The van der Waals surface area contributed by atoms with Crippen molar-refractivity contribution in [3.05, 3.63) is 83.6 Å². The Bertz CT molecular complexity index is 1340. The normalized spacial score (nSPS) is 12.0. The smallest absolute Gasteiger partial charge is 0.365 e. The van der Waals surface area contributed by atoms with Gasteiger partial charge in [0, 0.05) is 30.6 Å². The van der Waals surface area contributed by atoms with Crippen LogP contribution in [-0.2, 0) is 20.6 Å². The zero-order valence-electron chi connectivity index (χ0n) is 22.1. The van der Waals surface area contributed by atoms with E-state index in [1.54, 1.807) is 32.0 Å². The Morgan fingerprint density at radius 1 is 1.00 bits per heavy atom. The van der Waals surface area contributed by atoms with Crippen LogP contribution in [0.5, 0.6) is 5.75 Å². The van der Waals surface area contributed by atoms with E-state index in [2.05, 4.69) is 10.1 Å². The average molecular weight is 556 g/mol. The summed E-state index contributed by atoms with van der Waals surface area (Å²) in [6.07, 6.45) is 3.20. The highest BCUT2D eigenvalue weighted by Crippen LogP contribution is 2.28. The van der Waals surface area contributed by atoms with E-state index in [9.17, 15) is 13.2 Å². The standard InChI is InChI=1S/C28H33N3O5S2/c1-5-17-31(18-6-2)38(33,34)25-13-10-22(11-14-25)28(32)36-30-21(3)23-12-15-26(35-4)24(19-23)20-37-27-9-7-8-16-29-27/h7-16,19H,5-6,17-18,20H2,1-4H3/b30-21+. The van der Waals surface area contributed by atoms with Crippen molar-refractivity contribution in [2.24, 2.45) is 5.16 Å². The Kier molecular flexibility index (Phi) is 10.9. The first-order valence-electron chi connectivity index (χ1n) is 12.4. The maximum atomic E-state index is 12.9. The van der Waals surface area contributed by atoms with Crippen molar-refractivity contribution >= 4 is 33.5 Å². The number of hydrogen-bond acceptors (Lipinski definition) is 8. The summed E-state index contributed by atoms with van der Waals surface area (Å²) in [5, 5.41) is 4.92. The van der Waals surface area contributed by atoms with Crippen LogP contribution in [0.25, 0.3) is 0 Å². The van der Waals surface area contributed by atoms with Crippen LogP contribution in [-0.4, -0.2) is 49.6 Å². The van der Waals surface area contributed by atoms with E-state index in [0.29, 0.717) is 24.6 Å². The highest BCUT2D eigenvalue weighted by Gasteiger charge is 2.23. The van der Waals surface area contributed by atoms with Crippen LogP contribution < -0.4 is 4.74 Å². The Labute approximate surface area is 229 Å². The monoisotopic (exact) mass is 555 g/mol. The number of thioether (sulfide) groups is 1. The number of rotatable bonds is 13. The van der Waals surface area contributed by atoms with Gasteiger partial charge in [-0.3, -0.25) is 0 Å². The maximum Gasteiger partial charge on any atom is 0.365 e. The van der Waals surface area contributed by atoms with Gasteiger partial charge < -0.3 is 9.57 Å². The molecule has 10 heteroatoms. The van der Waals surface area contributed by atoms with Gasteiger partial charge in [0.1, 0.15) is 5.75 Å². The van der Waals surface area contributed by atoms with Crippen LogP contribution in [0.15, 0.2) is 81.9 Å². The molecule has 1 aromatic heterocycles. The fourth-order valence-electron chi connectivity index (χ4n) is 3.68. The van der Waals surface area contributed by atoms with Gasteiger partial charge >= 0.3 is 5.97 Å². The maximum absolute atomic E-state index is 12.9. The van der Waals surface area contributed by atoms with E-state index in [4.69, 9.17) is 9.57 Å². The van der Waals surface area contributed by atoms with Gasteiger partial charge in [-0.1, -0.05) is 25.1 Å². The van der Waals surface area contributed by atoms with Crippen molar-refractivity contribution in [3.8, 4) is 5.75 Å². The molecule has 0 spiro atoms. The zero-order valence-corrected chi connectivity index (χ0v) is 23.7. The van der Waals surface area contributed by atoms with Crippen LogP contribution in [0.2, 0.25) is 0 Å². The Hall–Kier alpha value is -3.21. The second kappa shape index (κ2) is 14.1. The molecule has 3 aromatic rings. The third kappa shape index (κ3) is 7.66. The quantitative estimate of drug-likeness (QED) is 0.114. The summed E-state index contributed by atoms with van der Waals surface area (Å²) in [4.78, 5) is 22.2. The molecule has 1 heterocycles. The molecule has 38 heavy (non-hydrogen) atoms. The van der Waals surface area contributed by atoms with Crippen molar-refractivity contribution < 1.29 is 22.8 Å². The summed E-state index contributed by atoms with van der Waals surface area (Å²) in [5.74, 6) is 0.713. The fourth-order valence-corrected chi connectivity index (χ4v) is 6.14. The number of sulfonamides is 1. The van der Waals surface area contributed by atoms with Gasteiger partial charge in [0.15, 0.2) is 0 Å². The minimum absolute atomic E-state index is 0.143. The highest BCUT2D eigenvalue weighted by atomic mass is 32.2. The number of carbonyl (C=O) groups is 1. The lowest BCUT2D eigenvalue weighted by Crippen LogP contribution is -2.32. The lowest BCUT2D eigenvalue weighted by molar-refractivity contribution is 0.0516. The number of methoxy groups -OCH3 is 1. The van der Waals surface area contributed by atoms with Crippen LogP contribution in [0.4, 0.5) is 0 Å². The van der Waals surface area contributed by atoms with E-state index in [0.717, 1.165) is 34.7 Å². The fraction of sp³-hybridized carbons (Fsp3) is 0.321. The van der Waals surface area contributed by atoms with Gasteiger partial charge in [-0.2, -0.15) is 4.31 Å². The molecule has 0 unspecified atom stereocenters. The van der Waals surface area contributed by atoms with Crippen LogP contribution in [0, 0.1) is 0 Å². The highest BCUT2D eigenvalue weighted by molar-refractivity contribution is 7.98. The van der Waals surface area contributed by atoms with Crippen molar-refractivity contribution in [1.29, 1.82) is 0 Å². The second-order valence-corrected chi connectivity index (χ2v) is 11.4. The molecule has 0 atom stereocenters. The number of pyridine rings is 1. The molecule has 2 aromatic carbocycles. The van der Waals surface area contributed by atoms with E-state index < -0.39 is 16.0 Å². The van der Waals surface area contributed by atoms with Crippen LogP contribution >= 0.6 is 11.8 Å². The molecule has 0 radical (unpaired) electrons. The molecule has 0 N–H and O–H groups in total. The average Bonchev–Trinajstić information content (AvgIpc) is 2.94. The minimum Gasteiger partial charge on any atom is -0.496 e. The number of carbonyl (C=O) groups excluding carboxylic acids is 1. The Balaban J connectivity index is 1.70. The lowest BCUT2D eigenvalue weighted by atomic mass is 10.1. The minimum atomic E-state index is -3.62. The van der Waals surface area contributed by atoms with E-state index in [1.165, 1.54) is 28.6 Å². The molecule has 0 amide bonds. The molecule has 0 aliphatic carbocycles. The van der Waals surface area contributed by atoms with E-state index in [1.807, 2.05) is 50.2 Å². The van der Waals surface area contributed by atoms with Gasteiger partial charge in [-0.05, 0) is 79.9 Å². The topological polar surface area (TPSA) is 98.2 Å². The summed E-state index contributed by atoms with van der Waals surface area (Å²) < 4.78 is 32.8. The summed E-state index contributed by atoms with van der Waals surface area (Å²) in [5.41, 5.74) is 2.46. The first kappa shape index (κ1) is 29.3. The summed E-state index contributed by atoms with van der Waals surface area (Å²) in [7, 11) is -2.00. The third-order valence-electron chi connectivity index (χ3n) is 5.65. The first-order chi connectivity index (χ1) is 18.3. The number of hydrogen-bond donors (Lipinski definition) is 0. The predicted molar refractivity (Wildman–Crippen MR) is 150 cm³/mol.